The Morgan fingerprint density at radius 1 is 1.53 bits per heavy atom. The molecular weight excluding hydrogens is 255 g/mol. The van der Waals surface area contributed by atoms with Crippen LogP contribution in [0, 0.1) is 5.92 Å². The Labute approximate surface area is 103 Å². The van der Waals surface area contributed by atoms with Crippen molar-refractivity contribution in [1.29, 1.82) is 0 Å². The zero-order valence-corrected chi connectivity index (χ0v) is 10.4. The molecule has 7 heteroatoms. The van der Waals surface area contributed by atoms with Gasteiger partial charge in [0.25, 0.3) is 0 Å². The Kier molecular flexibility index (Phi) is 5.58. The molecule has 1 heterocycles. The third-order valence-electron chi connectivity index (χ3n) is 2.71. The molecule has 1 atom stereocenters. The van der Waals surface area contributed by atoms with E-state index in [4.69, 9.17) is 0 Å². The van der Waals surface area contributed by atoms with E-state index >= 15 is 0 Å². The zero-order valence-electron chi connectivity index (χ0n) is 9.63. The minimum atomic E-state index is -4.17. The molecule has 100 valence electrons. The van der Waals surface area contributed by atoms with Gasteiger partial charge in [0.2, 0.25) is 0 Å². The van der Waals surface area contributed by atoms with Gasteiger partial charge in [-0.2, -0.15) is 13.2 Å². The molecule has 0 aromatic rings. The molecule has 0 aromatic carbocycles. The molecule has 1 aliphatic heterocycles. The summed E-state index contributed by atoms with van der Waals surface area (Å²) in [5.74, 6) is -0.444. The number of methoxy groups -OCH3 is 1. The summed E-state index contributed by atoms with van der Waals surface area (Å²) < 4.78 is 40.5. The van der Waals surface area contributed by atoms with E-state index < -0.39 is 5.51 Å². The topological polar surface area (TPSA) is 29.5 Å². The molecule has 1 fully saturated rings. The highest BCUT2D eigenvalue weighted by Gasteiger charge is 2.30. The first-order chi connectivity index (χ1) is 7.92. The van der Waals surface area contributed by atoms with Crippen molar-refractivity contribution in [2.45, 2.75) is 18.3 Å². The van der Waals surface area contributed by atoms with Crippen LogP contribution in [-0.4, -0.2) is 48.9 Å². The Morgan fingerprint density at radius 2 is 2.24 bits per heavy atom. The van der Waals surface area contributed by atoms with Gasteiger partial charge in [-0.05, 0) is 31.1 Å². The van der Waals surface area contributed by atoms with Gasteiger partial charge in [-0.15, -0.1) is 0 Å². The monoisotopic (exact) mass is 271 g/mol. The Bertz CT molecular complexity index is 260. The minimum absolute atomic E-state index is 0.0113. The fourth-order valence-electron chi connectivity index (χ4n) is 1.91. The second kappa shape index (κ2) is 6.49. The summed E-state index contributed by atoms with van der Waals surface area (Å²) in [7, 11) is 1.33. The van der Waals surface area contributed by atoms with Crippen LogP contribution in [0.3, 0.4) is 0 Å². The van der Waals surface area contributed by atoms with Gasteiger partial charge in [0.05, 0.1) is 13.0 Å². The van der Waals surface area contributed by atoms with Crippen LogP contribution >= 0.6 is 11.8 Å². The quantitative estimate of drug-likeness (QED) is 0.733. The van der Waals surface area contributed by atoms with Gasteiger partial charge in [-0.1, -0.05) is 0 Å². The largest absolute Gasteiger partial charge is 0.469 e. The zero-order chi connectivity index (χ0) is 12.9. The number of hydrogen-bond donors (Lipinski definition) is 0. The molecule has 0 saturated carbocycles. The molecule has 0 spiro atoms. The number of ether oxygens (including phenoxy) is 1. The molecule has 0 amide bonds. The summed E-state index contributed by atoms with van der Waals surface area (Å²) in [6.07, 6.45) is 1.59. The smallest absolute Gasteiger partial charge is 0.441 e. The summed E-state index contributed by atoms with van der Waals surface area (Å²) in [5, 5.41) is 0. The number of nitrogens with zero attached hydrogens (tertiary/aromatic N) is 1. The summed E-state index contributed by atoms with van der Waals surface area (Å²) in [6.45, 7) is 1.62. The van der Waals surface area contributed by atoms with Crippen LogP contribution < -0.4 is 0 Å². The van der Waals surface area contributed by atoms with Gasteiger partial charge in [-0.3, -0.25) is 4.79 Å². The average molecular weight is 271 g/mol. The Morgan fingerprint density at radius 3 is 2.82 bits per heavy atom. The second-order valence-corrected chi connectivity index (χ2v) is 5.12. The summed E-state index contributed by atoms with van der Waals surface area (Å²) in [4.78, 5) is 13.2. The number of halogens is 3. The van der Waals surface area contributed by atoms with Crippen molar-refractivity contribution < 1.29 is 22.7 Å². The lowest BCUT2D eigenvalue weighted by molar-refractivity contribution is -0.147. The van der Waals surface area contributed by atoms with Crippen LogP contribution in [0.15, 0.2) is 0 Å². The van der Waals surface area contributed by atoms with Crippen molar-refractivity contribution in [2.75, 3.05) is 32.5 Å². The highest BCUT2D eigenvalue weighted by molar-refractivity contribution is 8.00. The lowest BCUT2D eigenvalue weighted by atomic mass is 9.98. The Hall–Kier alpha value is -0.430. The summed E-state index contributed by atoms with van der Waals surface area (Å²) >= 11 is -0.0152. The molecule has 1 saturated heterocycles. The SMILES string of the molecule is COC(=O)[C@H]1CCCN(CCSC(F)(F)F)C1. The van der Waals surface area contributed by atoms with E-state index in [0.29, 0.717) is 13.1 Å². The van der Waals surface area contributed by atoms with E-state index in [1.54, 1.807) is 0 Å². The predicted octanol–water partition coefficient (Wildman–Crippen LogP) is 2.12. The van der Waals surface area contributed by atoms with Gasteiger partial charge >= 0.3 is 11.5 Å². The fraction of sp³-hybridized carbons (Fsp3) is 0.900. The van der Waals surface area contributed by atoms with Crippen LogP contribution in [0.2, 0.25) is 0 Å². The van der Waals surface area contributed by atoms with E-state index in [9.17, 15) is 18.0 Å². The van der Waals surface area contributed by atoms with Crippen molar-refractivity contribution in [2.24, 2.45) is 5.92 Å². The highest BCUT2D eigenvalue weighted by Crippen LogP contribution is 2.30. The number of hydrogen-bond acceptors (Lipinski definition) is 4. The van der Waals surface area contributed by atoms with Crippen molar-refractivity contribution in [1.82, 2.24) is 4.90 Å². The van der Waals surface area contributed by atoms with Crippen LogP contribution in [0.1, 0.15) is 12.8 Å². The number of alkyl halides is 3. The van der Waals surface area contributed by atoms with Gasteiger partial charge in [-0.25, -0.2) is 0 Å². The molecular formula is C10H16F3NO2S. The van der Waals surface area contributed by atoms with Crippen molar-refractivity contribution in [3.63, 3.8) is 0 Å². The minimum Gasteiger partial charge on any atom is -0.469 e. The molecule has 0 unspecified atom stereocenters. The predicted molar refractivity (Wildman–Crippen MR) is 59.7 cm³/mol. The van der Waals surface area contributed by atoms with Crippen LogP contribution in [-0.2, 0) is 9.53 Å². The highest BCUT2D eigenvalue weighted by atomic mass is 32.2. The molecule has 0 N–H and O–H groups in total. The van der Waals surface area contributed by atoms with E-state index in [0.717, 1.165) is 19.4 Å². The number of carbonyl (C=O) groups excluding carboxylic acids is 1. The van der Waals surface area contributed by atoms with Gasteiger partial charge in [0, 0.05) is 18.8 Å². The molecule has 3 nitrogen and oxygen atoms in total. The fourth-order valence-corrected chi connectivity index (χ4v) is 2.49. The normalized spacial score (nSPS) is 22.5. The van der Waals surface area contributed by atoms with Crippen molar-refractivity contribution in [3.8, 4) is 0 Å². The van der Waals surface area contributed by atoms with Crippen molar-refractivity contribution >= 4 is 17.7 Å². The lowest BCUT2D eigenvalue weighted by Crippen LogP contribution is -2.40. The molecule has 1 rings (SSSR count). The second-order valence-electron chi connectivity index (χ2n) is 3.96. The molecule has 17 heavy (non-hydrogen) atoms. The standard InChI is InChI=1S/C10H16F3NO2S/c1-16-9(15)8-3-2-4-14(7-8)5-6-17-10(11,12)13/h8H,2-7H2,1H3/t8-/m0/s1. The number of thioether (sulfide) groups is 1. The first-order valence-corrected chi connectivity index (χ1v) is 6.42. The number of piperidine rings is 1. The van der Waals surface area contributed by atoms with E-state index in [2.05, 4.69) is 4.74 Å². The Balaban J connectivity index is 2.28. The first kappa shape index (κ1) is 14.6. The molecule has 1 aliphatic rings. The maximum Gasteiger partial charge on any atom is 0.441 e. The molecule has 0 radical (unpaired) electrons. The van der Waals surface area contributed by atoms with Crippen LogP contribution in [0.4, 0.5) is 13.2 Å². The molecule has 0 bridgehead atoms. The van der Waals surface area contributed by atoms with E-state index in [1.807, 2.05) is 4.90 Å². The van der Waals surface area contributed by atoms with Crippen LogP contribution in [0.5, 0.6) is 0 Å². The van der Waals surface area contributed by atoms with Crippen LogP contribution in [0.25, 0.3) is 0 Å². The number of carbonyl (C=O) groups is 1. The number of esters is 1. The summed E-state index contributed by atoms with van der Waals surface area (Å²) in [5.41, 5.74) is -4.17. The van der Waals surface area contributed by atoms with Gasteiger partial charge in [0.15, 0.2) is 0 Å². The maximum atomic E-state index is 11.9. The molecule has 0 aromatic heterocycles. The van der Waals surface area contributed by atoms with Crippen molar-refractivity contribution in [3.05, 3.63) is 0 Å². The maximum absolute atomic E-state index is 11.9. The van der Waals surface area contributed by atoms with E-state index in [-0.39, 0.29) is 29.4 Å². The number of rotatable bonds is 4. The third kappa shape index (κ3) is 5.63. The lowest BCUT2D eigenvalue weighted by Gasteiger charge is -2.31. The summed E-state index contributed by atoms with van der Waals surface area (Å²) in [6, 6.07) is 0. The van der Waals surface area contributed by atoms with Gasteiger partial charge < -0.3 is 9.64 Å². The average Bonchev–Trinajstić information content (AvgIpc) is 2.27. The van der Waals surface area contributed by atoms with E-state index in [1.165, 1.54) is 7.11 Å². The third-order valence-corrected chi connectivity index (χ3v) is 3.43. The first-order valence-electron chi connectivity index (χ1n) is 5.43. The van der Waals surface area contributed by atoms with Gasteiger partial charge in [0.1, 0.15) is 0 Å². The number of likely N-dealkylation sites (tertiary alicyclic amines) is 1. The molecule has 0 aliphatic carbocycles.